The summed E-state index contributed by atoms with van der Waals surface area (Å²) in [7, 11) is 0. The Morgan fingerprint density at radius 3 is 2.57 bits per heavy atom. The standard InChI is InChI=1S/C19H30N2O2/c1-4-21(5-2)13-16-9-14(3)8-15(10-16)11-18(19(22)23)17-6-7-20-12-17/h8-10,17-18,20H,4-7,11-13H2,1-3H3,(H,22,23). The van der Waals surface area contributed by atoms with Gasteiger partial charge in [0.05, 0.1) is 5.92 Å². The number of rotatable bonds is 8. The molecule has 1 aliphatic heterocycles. The number of aliphatic carboxylic acids is 1. The van der Waals surface area contributed by atoms with E-state index in [-0.39, 0.29) is 11.8 Å². The van der Waals surface area contributed by atoms with E-state index in [2.05, 4.69) is 49.2 Å². The van der Waals surface area contributed by atoms with Crippen molar-refractivity contribution in [1.82, 2.24) is 10.2 Å². The van der Waals surface area contributed by atoms with Crippen molar-refractivity contribution >= 4 is 5.97 Å². The summed E-state index contributed by atoms with van der Waals surface area (Å²) in [6, 6.07) is 6.56. The zero-order valence-electron chi connectivity index (χ0n) is 14.6. The summed E-state index contributed by atoms with van der Waals surface area (Å²) in [5.41, 5.74) is 3.67. The fourth-order valence-corrected chi connectivity index (χ4v) is 3.59. The van der Waals surface area contributed by atoms with Gasteiger partial charge >= 0.3 is 5.97 Å². The van der Waals surface area contributed by atoms with E-state index in [0.717, 1.165) is 44.7 Å². The van der Waals surface area contributed by atoms with Crippen molar-refractivity contribution in [3.8, 4) is 0 Å². The van der Waals surface area contributed by atoms with Gasteiger partial charge in [-0.25, -0.2) is 0 Å². The first-order chi connectivity index (χ1) is 11.0. The van der Waals surface area contributed by atoms with E-state index in [0.29, 0.717) is 6.42 Å². The average molecular weight is 318 g/mol. The number of hydrogen-bond donors (Lipinski definition) is 2. The van der Waals surface area contributed by atoms with E-state index >= 15 is 0 Å². The van der Waals surface area contributed by atoms with Crippen molar-refractivity contribution in [2.45, 2.75) is 40.2 Å². The number of aryl methyl sites for hydroxylation is 1. The number of carboxylic acid groups (broad SMARTS) is 1. The van der Waals surface area contributed by atoms with E-state index in [9.17, 15) is 9.90 Å². The van der Waals surface area contributed by atoms with Crippen LogP contribution in [-0.4, -0.2) is 42.2 Å². The molecule has 0 aliphatic carbocycles. The summed E-state index contributed by atoms with van der Waals surface area (Å²) in [6.45, 7) is 11.2. The molecule has 0 spiro atoms. The van der Waals surface area contributed by atoms with Crippen LogP contribution >= 0.6 is 0 Å². The lowest BCUT2D eigenvalue weighted by Crippen LogP contribution is -2.27. The summed E-state index contributed by atoms with van der Waals surface area (Å²) >= 11 is 0. The van der Waals surface area contributed by atoms with Crippen molar-refractivity contribution < 1.29 is 9.90 Å². The summed E-state index contributed by atoms with van der Waals surface area (Å²) in [6.07, 6.45) is 1.60. The molecule has 1 aliphatic rings. The lowest BCUT2D eigenvalue weighted by Gasteiger charge is -2.21. The Hall–Kier alpha value is -1.39. The highest BCUT2D eigenvalue weighted by atomic mass is 16.4. The van der Waals surface area contributed by atoms with Crippen molar-refractivity contribution in [1.29, 1.82) is 0 Å². The molecule has 4 heteroatoms. The number of carbonyl (C=O) groups is 1. The molecule has 128 valence electrons. The second kappa shape index (κ2) is 8.46. The molecule has 1 aromatic carbocycles. The lowest BCUT2D eigenvalue weighted by atomic mass is 9.85. The van der Waals surface area contributed by atoms with Crippen LogP contribution in [0.15, 0.2) is 18.2 Å². The second-order valence-electron chi connectivity index (χ2n) is 6.69. The van der Waals surface area contributed by atoms with Gasteiger partial charge in [-0.05, 0) is 63.0 Å². The van der Waals surface area contributed by atoms with Gasteiger partial charge < -0.3 is 10.4 Å². The van der Waals surface area contributed by atoms with E-state index in [1.807, 2.05) is 0 Å². The second-order valence-corrected chi connectivity index (χ2v) is 6.69. The number of nitrogens with zero attached hydrogens (tertiary/aromatic N) is 1. The highest BCUT2D eigenvalue weighted by Crippen LogP contribution is 2.25. The molecule has 0 amide bonds. The van der Waals surface area contributed by atoms with Crippen molar-refractivity contribution in [3.05, 3.63) is 34.9 Å². The maximum absolute atomic E-state index is 11.7. The molecule has 1 heterocycles. The lowest BCUT2D eigenvalue weighted by molar-refractivity contribution is -0.143. The van der Waals surface area contributed by atoms with Gasteiger partial charge in [-0.1, -0.05) is 37.6 Å². The van der Waals surface area contributed by atoms with Gasteiger partial charge in [0.15, 0.2) is 0 Å². The summed E-state index contributed by atoms with van der Waals surface area (Å²) in [5.74, 6) is -0.696. The van der Waals surface area contributed by atoms with Crippen LogP contribution in [-0.2, 0) is 17.8 Å². The molecule has 2 rings (SSSR count). The molecule has 2 unspecified atom stereocenters. The maximum atomic E-state index is 11.7. The largest absolute Gasteiger partial charge is 0.481 e. The molecule has 1 aromatic rings. The SMILES string of the molecule is CCN(CC)Cc1cc(C)cc(CC(C(=O)O)C2CCNC2)c1. The summed E-state index contributed by atoms with van der Waals surface area (Å²) in [4.78, 5) is 14.1. The first-order valence-corrected chi connectivity index (χ1v) is 8.78. The third kappa shape index (κ3) is 5.05. The Bertz CT molecular complexity index is 520. The monoisotopic (exact) mass is 318 g/mol. The van der Waals surface area contributed by atoms with Crippen LogP contribution in [0.25, 0.3) is 0 Å². The molecule has 0 saturated carbocycles. The summed E-state index contributed by atoms with van der Waals surface area (Å²) < 4.78 is 0. The Balaban J connectivity index is 2.14. The summed E-state index contributed by atoms with van der Waals surface area (Å²) in [5, 5.41) is 12.9. The van der Waals surface area contributed by atoms with Gasteiger partial charge in [-0.3, -0.25) is 9.69 Å². The van der Waals surface area contributed by atoms with E-state index in [4.69, 9.17) is 0 Å². The molecule has 0 bridgehead atoms. The number of benzene rings is 1. The van der Waals surface area contributed by atoms with Crippen LogP contribution in [0.4, 0.5) is 0 Å². The van der Waals surface area contributed by atoms with Gasteiger partial charge in [0.25, 0.3) is 0 Å². The fourth-order valence-electron chi connectivity index (χ4n) is 3.59. The molecule has 2 atom stereocenters. The van der Waals surface area contributed by atoms with Crippen molar-refractivity contribution in [2.75, 3.05) is 26.2 Å². The van der Waals surface area contributed by atoms with Gasteiger partial charge in [0.2, 0.25) is 0 Å². The molecule has 0 radical (unpaired) electrons. The highest BCUT2D eigenvalue weighted by molar-refractivity contribution is 5.71. The molecule has 0 aromatic heterocycles. The molecule has 1 saturated heterocycles. The smallest absolute Gasteiger partial charge is 0.307 e. The zero-order chi connectivity index (χ0) is 16.8. The van der Waals surface area contributed by atoms with Crippen LogP contribution in [0, 0.1) is 18.8 Å². The topological polar surface area (TPSA) is 52.6 Å². The third-order valence-corrected chi connectivity index (χ3v) is 4.94. The van der Waals surface area contributed by atoms with Crippen molar-refractivity contribution in [3.63, 3.8) is 0 Å². The Morgan fingerprint density at radius 1 is 1.30 bits per heavy atom. The number of hydrogen-bond acceptors (Lipinski definition) is 3. The predicted molar refractivity (Wildman–Crippen MR) is 93.6 cm³/mol. The first kappa shape index (κ1) is 18.0. The molecule has 1 fully saturated rings. The van der Waals surface area contributed by atoms with Crippen molar-refractivity contribution in [2.24, 2.45) is 11.8 Å². The molecule has 2 N–H and O–H groups in total. The van der Waals surface area contributed by atoms with Crippen LogP contribution in [0.2, 0.25) is 0 Å². The Labute approximate surface area is 139 Å². The van der Waals surface area contributed by atoms with E-state index in [1.165, 1.54) is 11.1 Å². The Kier molecular flexibility index (Phi) is 6.60. The van der Waals surface area contributed by atoms with E-state index in [1.54, 1.807) is 0 Å². The van der Waals surface area contributed by atoms with Crippen LogP contribution < -0.4 is 5.32 Å². The molecular weight excluding hydrogens is 288 g/mol. The van der Waals surface area contributed by atoms with Crippen LogP contribution in [0.1, 0.15) is 37.0 Å². The molecule has 4 nitrogen and oxygen atoms in total. The third-order valence-electron chi connectivity index (χ3n) is 4.94. The first-order valence-electron chi connectivity index (χ1n) is 8.78. The van der Waals surface area contributed by atoms with Crippen LogP contribution in [0.5, 0.6) is 0 Å². The minimum absolute atomic E-state index is 0.249. The normalized spacial score (nSPS) is 19.2. The minimum atomic E-state index is -0.662. The predicted octanol–water partition coefficient (Wildman–Crippen LogP) is 2.69. The van der Waals surface area contributed by atoms with Gasteiger partial charge in [0.1, 0.15) is 0 Å². The van der Waals surface area contributed by atoms with Crippen LogP contribution in [0.3, 0.4) is 0 Å². The molecular formula is C19H30N2O2. The number of nitrogens with one attached hydrogen (secondary N) is 1. The zero-order valence-corrected chi connectivity index (χ0v) is 14.6. The van der Waals surface area contributed by atoms with E-state index < -0.39 is 5.97 Å². The highest BCUT2D eigenvalue weighted by Gasteiger charge is 2.30. The maximum Gasteiger partial charge on any atom is 0.307 e. The quantitative estimate of drug-likeness (QED) is 0.774. The Morgan fingerprint density at radius 2 is 2.00 bits per heavy atom. The number of carboxylic acids is 1. The average Bonchev–Trinajstić information content (AvgIpc) is 3.03. The van der Waals surface area contributed by atoms with Gasteiger partial charge in [-0.2, -0.15) is 0 Å². The fraction of sp³-hybridized carbons (Fsp3) is 0.632. The molecule has 23 heavy (non-hydrogen) atoms. The minimum Gasteiger partial charge on any atom is -0.481 e. The van der Waals surface area contributed by atoms with Gasteiger partial charge in [0, 0.05) is 6.54 Å². The van der Waals surface area contributed by atoms with Gasteiger partial charge in [-0.15, -0.1) is 0 Å².